The van der Waals surface area contributed by atoms with Crippen LogP contribution in [-0.2, 0) is 10.9 Å². The molecule has 168 valence electrons. The molecule has 0 radical (unpaired) electrons. The lowest BCUT2D eigenvalue weighted by atomic mass is 9.87. The van der Waals surface area contributed by atoms with Gasteiger partial charge in [-0.3, -0.25) is 5.10 Å². The number of piperidine rings is 1. The summed E-state index contributed by atoms with van der Waals surface area (Å²) in [5, 5.41) is 14.5. The average molecular weight is 439 g/mol. The SMILES string of the molecule is CC(C)(C)OC(=O)N1CCC(c2cccc(-c3c(C(=O)O)n[nH]c3C(F)(F)F)c2)CC1. The number of hydrogen-bond donors (Lipinski definition) is 2. The quantitative estimate of drug-likeness (QED) is 0.709. The number of alkyl halides is 3. The number of likely N-dealkylation sites (tertiary alicyclic amines) is 1. The van der Waals surface area contributed by atoms with E-state index in [1.165, 1.54) is 6.07 Å². The molecule has 2 heterocycles. The number of aromatic amines is 1. The van der Waals surface area contributed by atoms with Crippen LogP contribution in [-0.4, -0.2) is 51.0 Å². The molecule has 31 heavy (non-hydrogen) atoms. The van der Waals surface area contributed by atoms with Crippen molar-refractivity contribution in [1.82, 2.24) is 15.1 Å². The molecule has 1 amide bonds. The maximum absolute atomic E-state index is 13.4. The summed E-state index contributed by atoms with van der Waals surface area (Å²) in [7, 11) is 0. The summed E-state index contributed by atoms with van der Waals surface area (Å²) in [5.41, 5.74) is -2.03. The highest BCUT2D eigenvalue weighted by Gasteiger charge is 2.39. The number of nitrogens with zero attached hydrogens (tertiary/aromatic N) is 2. The van der Waals surface area contributed by atoms with E-state index in [4.69, 9.17) is 4.74 Å². The number of carboxylic acids is 1. The molecule has 1 aliphatic rings. The normalized spacial score (nSPS) is 15.7. The highest BCUT2D eigenvalue weighted by atomic mass is 19.4. The molecule has 2 aromatic rings. The number of carbonyl (C=O) groups is 2. The third kappa shape index (κ3) is 5.18. The van der Waals surface area contributed by atoms with E-state index >= 15 is 0 Å². The van der Waals surface area contributed by atoms with E-state index in [-0.39, 0.29) is 17.6 Å². The Morgan fingerprint density at radius 3 is 2.39 bits per heavy atom. The average Bonchev–Trinajstić information content (AvgIpc) is 3.13. The van der Waals surface area contributed by atoms with Gasteiger partial charge in [-0.05, 0) is 50.7 Å². The summed E-state index contributed by atoms with van der Waals surface area (Å²) >= 11 is 0. The standard InChI is InChI=1S/C21H24F3N3O4/c1-20(2,3)31-19(30)27-9-7-12(8-10-27)13-5-4-6-14(11-13)15-16(18(28)29)25-26-17(15)21(22,23)24/h4-6,11-12H,7-10H2,1-3H3,(H,25,26)(H,28,29). The van der Waals surface area contributed by atoms with Gasteiger partial charge < -0.3 is 14.7 Å². The number of carboxylic acid groups (broad SMARTS) is 1. The molecule has 0 atom stereocenters. The summed E-state index contributed by atoms with van der Waals surface area (Å²) in [4.78, 5) is 25.3. The van der Waals surface area contributed by atoms with Gasteiger partial charge in [-0.25, -0.2) is 9.59 Å². The lowest BCUT2D eigenvalue weighted by Crippen LogP contribution is -2.41. The fourth-order valence-corrected chi connectivity index (χ4v) is 3.65. The number of H-pyrrole nitrogens is 1. The Hall–Kier alpha value is -3.04. The van der Waals surface area contributed by atoms with Crippen molar-refractivity contribution in [2.24, 2.45) is 0 Å². The Morgan fingerprint density at radius 1 is 1.19 bits per heavy atom. The molecule has 0 bridgehead atoms. The van der Waals surface area contributed by atoms with E-state index in [0.717, 1.165) is 5.56 Å². The van der Waals surface area contributed by atoms with Crippen LogP contribution in [0.2, 0.25) is 0 Å². The van der Waals surface area contributed by atoms with Crippen LogP contribution in [0, 0.1) is 0 Å². The molecule has 1 saturated heterocycles. The second-order valence-corrected chi connectivity index (χ2v) is 8.49. The molecule has 10 heteroatoms. The predicted molar refractivity (Wildman–Crippen MR) is 106 cm³/mol. The van der Waals surface area contributed by atoms with Crippen molar-refractivity contribution in [3.05, 3.63) is 41.2 Å². The minimum Gasteiger partial charge on any atom is -0.476 e. The van der Waals surface area contributed by atoms with Crippen LogP contribution in [0.5, 0.6) is 0 Å². The largest absolute Gasteiger partial charge is 0.476 e. The van der Waals surface area contributed by atoms with Crippen molar-refractivity contribution in [3.63, 3.8) is 0 Å². The van der Waals surface area contributed by atoms with Crippen LogP contribution in [0.4, 0.5) is 18.0 Å². The molecule has 1 aromatic carbocycles. The zero-order valence-corrected chi connectivity index (χ0v) is 17.4. The van der Waals surface area contributed by atoms with Gasteiger partial charge in [-0.2, -0.15) is 18.3 Å². The van der Waals surface area contributed by atoms with Gasteiger partial charge in [0.05, 0.1) is 0 Å². The lowest BCUT2D eigenvalue weighted by Gasteiger charge is -2.33. The Labute approximate surface area is 177 Å². The second-order valence-electron chi connectivity index (χ2n) is 8.49. The molecule has 1 aromatic heterocycles. The van der Waals surface area contributed by atoms with Crippen LogP contribution in [0.3, 0.4) is 0 Å². The van der Waals surface area contributed by atoms with Gasteiger partial charge in [0.15, 0.2) is 5.69 Å². The van der Waals surface area contributed by atoms with Crippen molar-refractivity contribution in [2.75, 3.05) is 13.1 Å². The van der Waals surface area contributed by atoms with Gasteiger partial charge in [-0.15, -0.1) is 0 Å². The molecule has 3 rings (SSSR count). The summed E-state index contributed by atoms with van der Waals surface area (Å²) in [6, 6.07) is 6.40. The molecule has 7 nitrogen and oxygen atoms in total. The summed E-state index contributed by atoms with van der Waals surface area (Å²) < 4.78 is 45.5. The highest BCUT2D eigenvalue weighted by Crippen LogP contribution is 2.39. The monoisotopic (exact) mass is 439 g/mol. The first-order chi connectivity index (χ1) is 14.4. The third-order valence-corrected chi connectivity index (χ3v) is 5.05. The van der Waals surface area contributed by atoms with Crippen molar-refractivity contribution in [3.8, 4) is 11.1 Å². The molecular weight excluding hydrogens is 415 g/mol. The van der Waals surface area contributed by atoms with E-state index in [1.54, 1.807) is 43.9 Å². The molecule has 2 N–H and O–H groups in total. The maximum Gasteiger partial charge on any atom is 0.433 e. The Kier molecular flexibility index (Phi) is 6.02. The number of rotatable bonds is 3. The van der Waals surface area contributed by atoms with Crippen molar-refractivity contribution >= 4 is 12.1 Å². The minimum atomic E-state index is -4.77. The smallest absolute Gasteiger partial charge is 0.433 e. The van der Waals surface area contributed by atoms with Gasteiger partial charge >= 0.3 is 18.2 Å². The summed E-state index contributed by atoms with van der Waals surface area (Å²) in [6.07, 6.45) is -3.93. The van der Waals surface area contributed by atoms with E-state index in [2.05, 4.69) is 5.10 Å². The fourth-order valence-electron chi connectivity index (χ4n) is 3.65. The molecule has 0 aliphatic carbocycles. The fraction of sp³-hybridized carbons (Fsp3) is 0.476. The predicted octanol–water partition coefficient (Wildman–Crippen LogP) is 4.91. The molecule has 0 spiro atoms. The zero-order chi connectivity index (χ0) is 23.0. The van der Waals surface area contributed by atoms with Gasteiger partial charge in [0.2, 0.25) is 0 Å². The van der Waals surface area contributed by atoms with Crippen LogP contribution >= 0.6 is 0 Å². The Morgan fingerprint density at radius 2 is 1.84 bits per heavy atom. The molecule has 1 fully saturated rings. The van der Waals surface area contributed by atoms with Crippen LogP contribution in [0.25, 0.3) is 11.1 Å². The minimum absolute atomic E-state index is 0.0214. The number of benzene rings is 1. The van der Waals surface area contributed by atoms with E-state index in [9.17, 15) is 27.9 Å². The van der Waals surface area contributed by atoms with Gasteiger partial charge in [0.1, 0.15) is 11.3 Å². The molecular formula is C21H24F3N3O4. The number of amides is 1. The topological polar surface area (TPSA) is 95.5 Å². The van der Waals surface area contributed by atoms with Crippen LogP contribution in [0.15, 0.2) is 24.3 Å². The van der Waals surface area contributed by atoms with Gasteiger partial charge in [0, 0.05) is 18.7 Å². The first-order valence-electron chi connectivity index (χ1n) is 9.84. The van der Waals surface area contributed by atoms with Crippen molar-refractivity contribution < 1.29 is 32.6 Å². The number of halogens is 3. The van der Waals surface area contributed by atoms with Crippen LogP contribution in [0.1, 0.15) is 61.3 Å². The Balaban J connectivity index is 1.82. The van der Waals surface area contributed by atoms with Crippen LogP contribution < -0.4 is 0 Å². The molecule has 0 unspecified atom stereocenters. The lowest BCUT2D eigenvalue weighted by molar-refractivity contribution is -0.140. The maximum atomic E-state index is 13.4. The van der Waals surface area contributed by atoms with Gasteiger partial charge in [0.25, 0.3) is 0 Å². The summed E-state index contributed by atoms with van der Waals surface area (Å²) in [5.74, 6) is -1.52. The summed E-state index contributed by atoms with van der Waals surface area (Å²) in [6.45, 7) is 6.30. The third-order valence-electron chi connectivity index (χ3n) is 5.05. The number of aromatic carboxylic acids is 1. The van der Waals surface area contributed by atoms with Gasteiger partial charge in [-0.1, -0.05) is 24.3 Å². The zero-order valence-electron chi connectivity index (χ0n) is 17.4. The molecule has 1 aliphatic heterocycles. The first-order valence-corrected chi connectivity index (χ1v) is 9.84. The number of aromatic nitrogens is 2. The second kappa shape index (κ2) is 8.24. The van der Waals surface area contributed by atoms with Crippen molar-refractivity contribution in [2.45, 2.75) is 51.3 Å². The Bertz CT molecular complexity index is 971. The number of hydrogen-bond acceptors (Lipinski definition) is 4. The number of carbonyl (C=O) groups excluding carboxylic acids is 1. The highest BCUT2D eigenvalue weighted by molar-refractivity contribution is 5.95. The first kappa shape index (κ1) is 22.6. The van der Waals surface area contributed by atoms with E-state index in [1.807, 2.05) is 5.10 Å². The van der Waals surface area contributed by atoms with Crippen molar-refractivity contribution in [1.29, 1.82) is 0 Å². The van der Waals surface area contributed by atoms with E-state index < -0.39 is 34.7 Å². The number of nitrogens with one attached hydrogen (secondary N) is 1. The molecule has 0 saturated carbocycles. The number of ether oxygens (including phenoxy) is 1. The van der Waals surface area contributed by atoms with E-state index in [0.29, 0.717) is 25.9 Å².